The Morgan fingerprint density at radius 2 is 2.00 bits per heavy atom. The van der Waals surface area contributed by atoms with Crippen molar-refractivity contribution in [2.75, 3.05) is 4.90 Å². The first-order chi connectivity index (χ1) is 9.99. The van der Waals surface area contributed by atoms with Gasteiger partial charge in [-0.1, -0.05) is 29.3 Å². The number of barbiturate groups is 1. The maximum Gasteiger partial charge on any atom is 0.335 e. The van der Waals surface area contributed by atoms with Crippen molar-refractivity contribution in [2.45, 2.75) is 32.6 Å². The molecule has 1 aliphatic heterocycles. The van der Waals surface area contributed by atoms with Crippen molar-refractivity contribution < 1.29 is 14.4 Å². The van der Waals surface area contributed by atoms with Crippen LogP contribution in [0.5, 0.6) is 0 Å². The zero-order valence-corrected chi connectivity index (χ0v) is 13.2. The minimum atomic E-state index is -1.04. The smallest absolute Gasteiger partial charge is 0.276 e. The van der Waals surface area contributed by atoms with Gasteiger partial charge in [0.2, 0.25) is 5.91 Å². The zero-order valence-electron chi connectivity index (χ0n) is 11.6. The van der Waals surface area contributed by atoms with Gasteiger partial charge < -0.3 is 0 Å². The maximum absolute atomic E-state index is 12.7. The van der Waals surface area contributed by atoms with Crippen molar-refractivity contribution in [3.8, 4) is 0 Å². The Balaban J connectivity index is 2.07. The normalized spacial score (nSPS) is 20.5. The largest absolute Gasteiger partial charge is 0.335 e. The SMILES string of the molecule is CCc1cc(Br)ccc1N1C(=O)NC(=O)C2(CCC2)C1=O. The van der Waals surface area contributed by atoms with Crippen LogP contribution in [0.4, 0.5) is 10.5 Å². The molecule has 110 valence electrons. The highest BCUT2D eigenvalue weighted by molar-refractivity contribution is 9.10. The van der Waals surface area contributed by atoms with Crippen LogP contribution in [0.15, 0.2) is 22.7 Å². The molecule has 0 aromatic heterocycles. The average molecular weight is 351 g/mol. The fraction of sp³-hybridized carbons (Fsp3) is 0.400. The van der Waals surface area contributed by atoms with E-state index in [0.717, 1.165) is 21.4 Å². The third-order valence-corrected chi connectivity index (χ3v) is 4.83. The number of nitrogens with zero attached hydrogens (tertiary/aromatic N) is 1. The van der Waals surface area contributed by atoms with Gasteiger partial charge in [0, 0.05) is 4.47 Å². The van der Waals surface area contributed by atoms with Gasteiger partial charge >= 0.3 is 6.03 Å². The lowest BCUT2D eigenvalue weighted by Crippen LogP contribution is -2.66. The summed E-state index contributed by atoms with van der Waals surface area (Å²) in [5, 5.41) is 2.33. The van der Waals surface area contributed by atoms with Crippen LogP contribution in [0, 0.1) is 5.41 Å². The Morgan fingerprint density at radius 3 is 2.57 bits per heavy atom. The Labute approximate surface area is 130 Å². The van der Waals surface area contributed by atoms with E-state index in [-0.39, 0.29) is 5.91 Å². The second-order valence-electron chi connectivity index (χ2n) is 5.46. The fourth-order valence-electron chi connectivity index (χ4n) is 2.92. The molecule has 2 fully saturated rings. The van der Waals surface area contributed by atoms with Crippen LogP contribution in [0.25, 0.3) is 0 Å². The monoisotopic (exact) mass is 350 g/mol. The van der Waals surface area contributed by atoms with Crippen LogP contribution in [-0.4, -0.2) is 17.8 Å². The molecule has 1 spiro atoms. The molecule has 2 aliphatic rings. The average Bonchev–Trinajstić information content (AvgIpc) is 2.38. The van der Waals surface area contributed by atoms with Gasteiger partial charge in [-0.3, -0.25) is 14.9 Å². The van der Waals surface area contributed by atoms with E-state index in [9.17, 15) is 14.4 Å². The van der Waals surface area contributed by atoms with E-state index >= 15 is 0 Å². The van der Waals surface area contributed by atoms with Crippen molar-refractivity contribution in [1.29, 1.82) is 0 Å². The van der Waals surface area contributed by atoms with Gasteiger partial charge in [-0.2, -0.15) is 0 Å². The lowest BCUT2D eigenvalue weighted by Gasteiger charge is -2.44. The third kappa shape index (κ3) is 2.00. The molecule has 0 atom stereocenters. The van der Waals surface area contributed by atoms with Crippen LogP contribution < -0.4 is 10.2 Å². The van der Waals surface area contributed by atoms with Gasteiger partial charge in [0.1, 0.15) is 5.41 Å². The molecule has 0 unspecified atom stereocenters. The predicted octanol–water partition coefficient (Wildman–Crippen LogP) is 2.76. The fourth-order valence-corrected chi connectivity index (χ4v) is 3.33. The Hall–Kier alpha value is -1.69. The van der Waals surface area contributed by atoms with Gasteiger partial charge in [-0.05, 0) is 43.0 Å². The molecule has 21 heavy (non-hydrogen) atoms. The van der Waals surface area contributed by atoms with E-state index in [2.05, 4.69) is 21.2 Å². The minimum Gasteiger partial charge on any atom is -0.276 e. The van der Waals surface area contributed by atoms with Crippen molar-refractivity contribution >= 4 is 39.5 Å². The van der Waals surface area contributed by atoms with E-state index in [4.69, 9.17) is 0 Å². The maximum atomic E-state index is 12.7. The summed E-state index contributed by atoms with van der Waals surface area (Å²) in [5.74, 6) is -0.838. The van der Waals surface area contributed by atoms with Gasteiger partial charge in [0.15, 0.2) is 0 Å². The first-order valence-corrected chi connectivity index (χ1v) is 7.77. The Kier molecular flexibility index (Phi) is 3.36. The molecule has 1 saturated heterocycles. The molecule has 1 aromatic carbocycles. The molecular weight excluding hydrogens is 336 g/mol. The number of anilines is 1. The topological polar surface area (TPSA) is 66.5 Å². The van der Waals surface area contributed by atoms with Crippen molar-refractivity contribution in [3.63, 3.8) is 0 Å². The summed E-state index contributed by atoms with van der Waals surface area (Å²) >= 11 is 3.39. The molecule has 0 radical (unpaired) electrons. The summed E-state index contributed by atoms with van der Waals surface area (Å²) in [6.45, 7) is 1.96. The van der Waals surface area contributed by atoms with Crippen molar-refractivity contribution in [3.05, 3.63) is 28.2 Å². The molecule has 1 N–H and O–H groups in total. The lowest BCUT2D eigenvalue weighted by molar-refractivity contribution is -0.148. The summed E-state index contributed by atoms with van der Waals surface area (Å²) < 4.78 is 0.891. The van der Waals surface area contributed by atoms with E-state index in [1.165, 1.54) is 0 Å². The highest BCUT2D eigenvalue weighted by Crippen LogP contribution is 2.45. The number of hydrogen-bond donors (Lipinski definition) is 1. The molecule has 1 saturated carbocycles. The van der Waals surface area contributed by atoms with Crippen LogP contribution in [-0.2, 0) is 16.0 Å². The van der Waals surface area contributed by atoms with Crippen LogP contribution >= 0.6 is 15.9 Å². The number of carbonyl (C=O) groups is 3. The Bertz CT molecular complexity index is 652. The number of amides is 4. The number of imide groups is 2. The number of urea groups is 1. The summed E-state index contributed by atoms with van der Waals surface area (Å²) in [6.07, 6.45) is 2.55. The molecular formula is C15H15BrN2O3. The quantitative estimate of drug-likeness (QED) is 0.834. The number of hydrogen-bond acceptors (Lipinski definition) is 3. The molecule has 0 bridgehead atoms. The highest BCUT2D eigenvalue weighted by atomic mass is 79.9. The van der Waals surface area contributed by atoms with E-state index in [1.807, 2.05) is 13.0 Å². The minimum absolute atomic E-state index is 0.389. The predicted molar refractivity (Wildman–Crippen MR) is 80.8 cm³/mol. The number of benzene rings is 1. The number of halogens is 1. The number of rotatable bonds is 2. The molecule has 6 heteroatoms. The first kappa shape index (κ1) is 14.3. The zero-order chi connectivity index (χ0) is 15.2. The second-order valence-corrected chi connectivity index (χ2v) is 6.38. The molecule has 3 rings (SSSR count). The lowest BCUT2D eigenvalue weighted by atomic mass is 9.66. The number of carbonyl (C=O) groups excluding carboxylic acids is 3. The summed E-state index contributed by atoms with van der Waals surface area (Å²) in [6, 6.07) is 4.76. The molecule has 5 nitrogen and oxygen atoms in total. The third-order valence-electron chi connectivity index (χ3n) is 4.34. The Morgan fingerprint density at radius 1 is 1.29 bits per heavy atom. The van der Waals surface area contributed by atoms with Gasteiger partial charge in [0.05, 0.1) is 5.69 Å². The van der Waals surface area contributed by atoms with Gasteiger partial charge in [0.25, 0.3) is 5.91 Å². The summed E-state index contributed by atoms with van der Waals surface area (Å²) in [7, 11) is 0. The van der Waals surface area contributed by atoms with Crippen LogP contribution in [0.3, 0.4) is 0 Å². The van der Waals surface area contributed by atoms with Gasteiger partial charge in [-0.25, -0.2) is 9.69 Å². The summed E-state index contributed by atoms with van der Waals surface area (Å²) in [4.78, 5) is 38.0. The molecule has 1 heterocycles. The van der Waals surface area contributed by atoms with Crippen LogP contribution in [0.2, 0.25) is 0 Å². The van der Waals surface area contributed by atoms with Crippen LogP contribution in [0.1, 0.15) is 31.7 Å². The highest BCUT2D eigenvalue weighted by Gasteiger charge is 2.57. The van der Waals surface area contributed by atoms with Crippen molar-refractivity contribution in [2.24, 2.45) is 5.41 Å². The van der Waals surface area contributed by atoms with E-state index < -0.39 is 17.4 Å². The summed E-state index contributed by atoms with van der Waals surface area (Å²) in [5.41, 5.74) is 0.407. The number of aryl methyl sites for hydroxylation is 1. The van der Waals surface area contributed by atoms with E-state index in [0.29, 0.717) is 24.9 Å². The van der Waals surface area contributed by atoms with Crippen molar-refractivity contribution in [1.82, 2.24) is 5.32 Å². The molecule has 1 aromatic rings. The second kappa shape index (κ2) is 4.94. The number of nitrogens with one attached hydrogen (secondary N) is 1. The van der Waals surface area contributed by atoms with E-state index in [1.54, 1.807) is 12.1 Å². The standard InChI is InChI=1S/C15H15BrN2O3/c1-2-9-8-10(16)4-5-11(9)18-13(20)15(6-3-7-15)12(19)17-14(18)21/h4-5,8H,2-3,6-7H2,1H3,(H,17,19,21). The molecule has 4 amide bonds. The first-order valence-electron chi connectivity index (χ1n) is 6.98. The molecule has 1 aliphatic carbocycles. The van der Waals surface area contributed by atoms with Gasteiger partial charge in [-0.15, -0.1) is 0 Å².